The first-order chi connectivity index (χ1) is 5.73. The van der Waals surface area contributed by atoms with Crippen LogP contribution in [0.1, 0.15) is 20.8 Å². The van der Waals surface area contributed by atoms with Crippen molar-refractivity contribution < 1.29 is 8.78 Å². The first-order valence-electron chi connectivity index (χ1n) is 4.08. The average molecular weight is 252 g/mol. The molecule has 0 aliphatic carbocycles. The molecule has 0 aromatic rings. The quantitative estimate of drug-likeness (QED) is 0.635. The van der Waals surface area contributed by atoms with Crippen LogP contribution in [0, 0.1) is 0 Å². The minimum atomic E-state index is -2.84. The molecule has 0 spiro atoms. The zero-order chi connectivity index (χ0) is 10.3. The second kappa shape index (κ2) is 3.15. The van der Waals surface area contributed by atoms with Crippen LogP contribution in [0.2, 0.25) is 0 Å². The molecule has 0 bridgehead atoms. The monoisotopic (exact) mass is 251 g/mol. The third kappa shape index (κ3) is 2.36. The van der Waals surface area contributed by atoms with Gasteiger partial charge in [0.2, 0.25) is 0 Å². The van der Waals surface area contributed by atoms with Gasteiger partial charge in [-0.15, -0.1) is 0 Å². The van der Waals surface area contributed by atoms with Crippen molar-refractivity contribution in [3.63, 3.8) is 0 Å². The molecule has 2 unspecified atom stereocenters. The Morgan fingerprint density at radius 3 is 2.54 bits per heavy atom. The smallest absolute Gasteiger partial charge is 0.279 e. The number of hydrogen-bond acceptors (Lipinski definition) is 1. The van der Waals surface area contributed by atoms with Gasteiger partial charge in [0.15, 0.2) is 0 Å². The average Bonchev–Trinajstić information content (AvgIpc) is 1.92. The zero-order valence-corrected chi connectivity index (χ0v) is 9.40. The van der Waals surface area contributed by atoms with Gasteiger partial charge in [-0.25, -0.2) is 0 Å². The number of allylic oxidation sites excluding steroid dienone is 1. The van der Waals surface area contributed by atoms with Crippen molar-refractivity contribution in [3.05, 3.63) is 12.2 Å². The van der Waals surface area contributed by atoms with E-state index < -0.39 is 5.92 Å². The number of nitrogens with zero attached hydrogens (tertiary/aromatic N) is 1. The van der Waals surface area contributed by atoms with Crippen LogP contribution in [0.15, 0.2) is 17.1 Å². The molecule has 0 N–H and O–H groups in total. The van der Waals surface area contributed by atoms with E-state index >= 15 is 0 Å². The maximum Gasteiger partial charge on any atom is 0.286 e. The fourth-order valence-electron chi connectivity index (χ4n) is 1.02. The molecule has 0 saturated carbocycles. The van der Waals surface area contributed by atoms with Gasteiger partial charge >= 0.3 is 0 Å². The van der Waals surface area contributed by atoms with E-state index in [4.69, 9.17) is 0 Å². The van der Waals surface area contributed by atoms with Crippen molar-refractivity contribution in [1.29, 1.82) is 0 Å². The molecule has 0 aromatic heterocycles. The number of aliphatic imine (C=N–C) groups is 1. The van der Waals surface area contributed by atoms with Crippen molar-refractivity contribution in [2.45, 2.75) is 37.1 Å². The van der Waals surface area contributed by atoms with E-state index in [9.17, 15) is 8.78 Å². The molecule has 0 saturated heterocycles. The Balaban J connectivity index is 2.93. The van der Waals surface area contributed by atoms with Crippen LogP contribution in [0.5, 0.6) is 0 Å². The van der Waals surface area contributed by atoms with Crippen LogP contribution in [0.4, 0.5) is 8.78 Å². The Kier molecular flexibility index (Phi) is 2.63. The standard InChI is InChI=1S/C9H12BrF2N/c1-6-8(2,10)5-4-7(13-6)9(3,11)12/h4-6H,1-3H3. The molecule has 1 rings (SSSR count). The topological polar surface area (TPSA) is 12.4 Å². The lowest BCUT2D eigenvalue weighted by atomic mass is 9.98. The number of alkyl halides is 3. The van der Waals surface area contributed by atoms with Crippen LogP contribution in [0.25, 0.3) is 0 Å². The first kappa shape index (κ1) is 10.8. The van der Waals surface area contributed by atoms with Crippen molar-refractivity contribution in [2.24, 2.45) is 4.99 Å². The van der Waals surface area contributed by atoms with Crippen molar-refractivity contribution in [1.82, 2.24) is 0 Å². The maximum atomic E-state index is 12.8. The van der Waals surface area contributed by atoms with Crippen LogP contribution < -0.4 is 0 Å². The van der Waals surface area contributed by atoms with E-state index in [0.29, 0.717) is 0 Å². The lowest BCUT2D eigenvalue weighted by molar-refractivity contribution is 0.101. The molecule has 13 heavy (non-hydrogen) atoms. The Hall–Kier alpha value is -0.250. The maximum absolute atomic E-state index is 12.8. The number of dihydropyridines is 1. The second-order valence-electron chi connectivity index (χ2n) is 3.56. The molecule has 2 atom stereocenters. The molecule has 0 amide bonds. The van der Waals surface area contributed by atoms with E-state index in [-0.39, 0.29) is 16.1 Å². The van der Waals surface area contributed by atoms with Gasteiger partial charge in [0.1, 0.15) is 5.71 Å². The summed E-state index contributed by atoms with van der Waals surface area (Å²) < 4.78 is 25.4. The summed E-state index contributed by atoms with van der Waals surface area (Å²) in [5.74, 6) is -2.84. The molecular formula is C9H12BrF2N. The van der Waals surface area contributed by atoms with Crippen LogP contribution in [-0.2, 0) is 0 Å². The van der Waals surface area contributed by atoms with Crippen molar-refractivity contribution in [2.75, 3.05) is 0 Å². The predicted molar refractivity (Wildman–Crippen MR) is 54.0 cm³/mol. The third-order valence-corrected chi connectivity index (χ3v) is 3.09. The highest BCUT2D eigenvalue weighted by Crippen LogP contribution is 2.31. The van der Waals surface area contributed by atoms with Gasteiger partial charge in [-0.2, -0.15) is 8.78 Å². The number of halogens is 3. The molecule has 0 radical (unpaired) electrons. The molecular weight excluding hydrogens is 240 g/mol. The normalized spacial score (nSPS) is 34.6. The Bertz CT molecular complexity index is 263. The van der Waals surface area contributed by atoms with Gasteiger partial charge in [0, 0.05) is 6.92 Å². The summed E-state index contributed by atoms with van der Waals surface area (Å²) in [4.78, 5) is 3.94. The summed E-state index contributed by atoms with van der Waals surface area (Å²) in [7, 11) is 0. The van der Waals surface area contributed by atoms with Crippen LogP contribution in [0.3, 0.4) is 0 Å². The van der Waals surface area contributed by atoms with E-state index in [2.05, 4.69) is 20.9 Å². The molecule has 1 heterocycles. The fourth-order valence-corrected chi connectivity index (χ4v) is 1.25. The number of hydrogen-bond donors (Lipinski definition) is 0. The highest BCUT2D eigenvalue weighted by molar-refractivity contribution is 9.10. The van der Waals surface area contributed by atoms with Gasteiger partial charge in [-0.1, -0.05) is 22.0 Å². The van der Waals surface area contributed by atoms with Gasteiger partial charge < -0.3 is 0 Å². The minimum Gasteiger partial charge on any atom is -0.279 e. The molecule has 1 nitrogen and oxygen atoms in total. The van der Waals surface area contributed by atoms with E-state index in [1.165, 1.54) is 6.08 Å². The summed E-state index contributed by atoms with van der Waals surface area (Å²) in [5, 5.41) is 0. The molecule has 1 aliphatic rings. The summed E-state index contributed by atoms with van der Waals surface area (Å²) in [6.45, 7) is 4.58. The molecule has 1 aliphatic heterocycles. The van der Waals surface area contributed by atoms with Crippen LogP contribution >= 0.6 is 15.9 Å². The Morgan fingerprint density at radius 1 is 1.62 bits per heavy atom. The Morgan fingerprint density at radius 2 is 2.15 bits per heavy atom. The lowest BCUT2D eigenvalue weighted by Crippen LogP contribution is -2.35. The molecule has 0 aromatic carbocycles. The van der Waals surface area contributed by atoms with Crippen molar-refractivity contribution in [3.8, 4) is 0 Å². The van der Waals surface area contributed by atoms with Gasteiger partial charge in [-0.05, 0) is 19.9 Å². The first-order valence-corrected chi connectivity index (χ1v) is 4.87. The molecule has 4 heteroatoms. The SMILES string of the molecule is CC1N=C(C(C)(F)F)C=CC1(C)Br. The summed E-state index contributed by atoms with van der Waals surface area (Å²) in [6, 6.07) is -0.168. The second-order valence-corrected chi connectivity index (χ2v) is 5.27. The van der Waals surface area contributed by atoms with Crippen LogP contribution in [-0.4, -0.2) is 22.0 Å². The van der Waals surface area contributed by atoms with Gasteiger partial charge in [0.25, 0.3) is 5.92 Å². The predicted octanol–water partition coefficient (Wildman–Crippen LogP) is 3.19. The fraction of sp³-hybridized carbons (Fsp3) is 0.667. The third-order valence-electron chi connectivity index (χ3n) is 2.17. The van der Waals surface area contributed by atoms with Gasteiger partial charge in [0.05, 0.1) is 10.4 Å². The van der Waals surface area contributed by atoms with E-state index in [1.54, 1.807) is 6.08 Å². The summed E-state index contributed by atoms with van der Waals surface area (Å²) >= 11 is 3.41. The number of rotatable bonds is 1. The molecule has 0 fully saturated rings. The summed E-state index contributed by atoms with van der Waals surface area (Å²) in [6.07, 6.45) is 3.10. The summed E-state index contributed by atoms with van der Waals surface area (Å²) in [5.41, 5.74) is -0.142. The lowest BCUT2D eigenvalue weighted by Gasteiger charge is -2.28. The highest BCUT2D eigenvalue weighted by Gasteiger charge is 2.35. The van der Waals surface area contributed by atoms with E-state index in [0.717, 1.165) is 6.92 Å². The minimum absolute atomic E-state index is 0.142. The van der Waals surface area contributed by atoms with Crippen molar-refractivity contribution >= 4 is 21.6 Å². The molecule has 74 valence electrons. The largest absolute Gasteiger partial charge is 0.286 e. The van der Waals surface area contributed by atoms with Gasteiger partial charge in [-0.3, -0.25) is 4.99 Å². The Labute approximate surface area is 85.1 Å². The zero-order valence-electron chi connectivity index (χ0n) is 7.81. The highest BCUT2D eigenvalue weighted by atomic mass is 79.9. The van der Waals surface area contributed by atoms with E-state index in [1.807, 2.05) is 13.8 Å².